The number of rotatable bonds is 5. The summed E-state index contributed by atoms with van der Waals surface area (Å²) in [5, 5.41) is 20.2. The fourth-order valence-electron chi connectivity index (χ4n) is 4.41. The molecule has 6 heteroatoms. The lowest BCUT2D eigenvalue weighted by Gasteiger charge is -2.29. The Morgan fingerprint density at radius 3 is 2.59 bits per heavy atom. The van der Waals surface area contributed by atoms with Gasteiger partial charge in [-0.15, -0.1) is 0 Å². The first-order chi connectivity index (χ1) is 12.9. The van der Waals surface area contributed by atoms with Crippen molar-refractivity contribution in [3.8, 4) is 11.5 Å². The van der Waals surface area contributed by atoms with E-state index >= 15 is 0 Å². The molecule has 0 amide bonds. The Kier molecular flexibility index (Phi) is 5.44. The molecule has 3 rings (SSSR count). The zero-order chi connectivity index (χ0) is 19.7. The van der Waals surface area contributed by atoms with E-state index in [0.717, 1.165) is 30.4 Å². The molecule has 1 aromatic rings. The molecule has 0 aromatic heterocycles. The van der Waals surface area contributed by atoms with Crippen molar-refractivity contribution in [3.05, 3.63) is 33.9 Å². The van der Waals surface area contributed by atoms with Gasteiger partial charge in [0.05, 0.1) is 13.0 Å². The summed E-state index contributed by atoms with van der Waals surface area (Å²) in [5.74, 6) is -1.17. The van der Waals surface area contributed by atoms with Gasteiger partial charge in [0.15, 0.2) is 0 Å². The lowest BCUT2D eigenvalue weighted by Crippen LogP contribution is -2.27. The van der Waals surface area contributed by atoms with Crippen molar-refractivity contribution < 1.29 is 29.3 Å². The number of phenols is 1. The molecule has 0 saturated heterocycles. The molecule has 6 nitrogen and oxygen atoms in total. The van der Waals surface area contributed by atoms with E-state index in [2.05, 4.69) is 0 Å². The third kappa shape index (κ3) is 3.40. The average molecular weight is 374 g/mol. The Balaban J connectivity index is 1.94. The summed E-state index contributed by atoms with van der Waals surface area (Å²) in [4.78, 5) is 23.6. The smallest absolute Gasteiger partial charge is 0.342 e. The molecule has 0 spiro atoms. The van der Waals surface area contributed by atoms with Crippen molar-refractivity contribution in [3.63, 3.8) is 0 Å². The molecule has 146 valence electrons. The van der Waals surface area contributed by atoms with Crippen molar-refractivity contribution in [2.24, 2.45) is 11.8 Å². The van der Waals surface area contributed by atoms with Gasteiger partial charge in [-0.1, -0.05) is 24.5 Å². The standard InChI is InChI=1S/C21H26O6/c1-11(13-6-4-5-7-14(13)20(23)24)8-9-15-18(22)17-16(10-27-21(17)25)12(2)19(15)26-3/h8,13-14,22H,4-7,9-10H2,1-3H3,(H,23,24)/b11-8+/t13?,14-/m1/s1. The van der Waals surface area contributed by atoms with Crippen molar-refractivity contribution in [2.45, 2.75) is 52.6 Å². The van der Waals surface area contributed by atoms with E-state index in [0.29, 0.717) is 29.7 Å². The minimum absolute atomic E-state index is 0.00452. The molecule has 1 aliphatic heterocycles. The zero-order valence-electron chi connectivity index (χ0n) is 16.0. The number of carboxylic acids is 1. The molecule has 1 aliphatic carbocycles. The summed E-state index contributed by atoms with van der Waals surface area (Å²) >= 11 is 0. The summed E-state index contributed by atoms with van der Waals surface area (Å²) in [5.41, 5.74) is 3.21. The second-order valence-corrected chi connectivity index (χ2v) is 7.40. The highest BCUT2D eigenvalue weighted by molar-refractivity contribution is 5.98. The van der Waals surface area contributed by atoms with Gasteiger partial charge in [0, 0.05) is 11.1 Å². The quantitative estimate of drug-likeness (QED) is 0.602. The Labute approximate surface area is 158 Å². The number of fused-ring (bicyclic) bond motifs is 1. The molecule has 0 radical (unpaired) electrons. The van der Waals surface area contributed by atoms with Crippen LogP contribution in [0.1, 0.15) is 59.7 Å². The van der Waals surface area contributed by atoms with Gasteiger partial charge in [-0.05, 0) is 44.6 Å². The first kappa shape index (κ1) is 19.3. The van der Waals surface area contributed by atoms with Crippen LogP contribution in [0.2, 0.25) is 0 Å². The van der Waals surface area contributed by atoms with Crippen molar-refractivity contribution in [1.82, 2.24) is 0 Å². The van der Waals surface area contributed by atoms with Crippen LogP contribution >= 0.6 is 0 Å². The molecular weight excluding hydrogens is 348 g/mol. The maximum absolute atomic E-state index is 12.0. The Morgan fingerprint density at radius 2 is 1.96 bits per heavy atom. The third-order valence-electron chi connectivity index (χ3n) is 5.94. The van der Waals surface area contributed by atoms with Crippen LogP contribution in [0.4, 0.5) is 0 Å². The Hall–Kier alpha value is -2.50. The topological polar surface area (TPSA) is 93.1 Å². The molecule has 27 heavy (non-hydrogen) atoms. The number of carboxylic acid groups (broad SMARTS) is 1. The van der Waals surface area contributed by atoms with E-state index in [9.17, 15) is 19.8 Å². The number of cyclic esters (lactones) is 1. The minimum Gasteiger partial charge on any atom is -0.507 e. The minimum atomic E-state index is -0.746. The molecule has 1 unspecified atom stereocenters. The number of aromatic hydroxyl groups is 1. The SMILES string of the molecule is COc1c(C)c2c(c(O)c1C/C=C(\C)C1CCCC[C@H]1C(=O)O)C(=O)OC2. The van der Waals surface area contributed by atoms with E-state index in [-0.39, 0.29) is 29.8 Å². The van der Waals surface area contributed by atoms with E-state index in [1.807, 2.05) is 19.9 Å². The van der Waals surface area contributed by atoms with Crippen LogP contribution in [0.25, 0.3) is 0 Å². The fourth-order valence-corrected chi connectivity index (χ4v) is 4.41. The maximum atomic E-state index is 12.0. The summed E-state index contributed by atoms with van der Waals surface area (Å²) in [6.45, 7) is 3.94. The van der Waals surface area contributed by atoms with Gasteiger partial charge in [-0.3, -0.25) is 4.79 Å². The largest absolute Gasteiger partial charge is 0.507 e. The Morgan fingerprint density at radius 1 is 1.30 bits per heavy atom. The van der Waals surface area contributed by atoms with E-state index in [1.165, 1.54) is 7.11 Å². The lowest BCUT2D eigenvalue weighted by atomic mass is 9.75. The van der Waals surface area contributed by atoms with Gasteiger partial charge in [0.25, 0.3) is 0 Å². The van der Waals surface area contributed by atoms with Crippen LogP contribution in [0.3, 0.4) is 0 Å². The van der Waals surface area contributed by atoms with Gasteiger partial charge in [0.1, 0.15) is 23.7 Å². The van der Waals surface area contributed by atoms with Crippen LogP contribution in [-0.2, 0) is 22.6 Å². The van der Waals surface area contributed by atoms with Gasteiger partial charge in [-0.2, -0.15) is 0 Å². The van der Waals surface area contributed by atoms with Crippen LogP contribution in [0.15, 0.2) is 11.6 Å². The third-order valence-corrected chi connectivity index (χ3v) is 5.94. The Bertz CT molecular complexity index is 808. The highest BCUT2D eigenvalue weighted by Gasteiger charge is 2.33. The second kappa shape index (κ2) is 7.62. The molecule has 1 aromatic carbocycles. The van der Waals surface area contributed by atoms with Crippen LogP contribution in [-0.4, -0.2) is 29.3 Å². The summed E-state index contributed by atoms with van der Waals surface area (Å²) in [6.07, 6.45) is 5.85. The van der Waals surface area contributed by atoms with Crippen LogP contribution in [0, 0.1) is 18.8 Å². The lowest BCUT2D eigenvalue weighted by molar-refractivity contribution is -0.144. The molecule has 1 saturated carbocycles. The fraction of sp³-hybridized carbons (Fsp3) is 0.524. The molecule has 1 fully saturated rings. The second-order valence-electron chi connectivity index (χ2n) is 7.40. The van der Waals surface area contributed by atoms with Crippen LogP contribution in [0.5, 0.6) is 11.5 Å². The number of benzene rings is 1. The zero-order valence-corrected chi connectivity index (χ0v) is 16.0. The van der Waals surface area contributed by atoms with Gasteiger partial charge in [0.2, 0.25) is 0 Å². The first-order valence-electron chi connectivity index (χ1n) is 9.34. The molecule has 1 heterocycles. The molecular formula is C21H26O6. The predicted octanol–water partition coefficient (Wildman–Crippen LogP) is 3.76. The highest BCUT2D eigenvalue weighted by atomic mass is 16.5. The van der Waals surface area contributed by atoms with Crippen LogP contribution < -0.4 is 4.74 Å². The van der Waals surface area contributed by atoms with Crippen molar-refractivity contribution >= 4 is 11.9 Å². The van der Waals surface area contributed by atoms with E-state index in [4.69, 9.17) is 9.47 Å². The summed E-state index contributed by atoms with van der Waals surface area (Å²) in [7, 11) is 1.54. The number of allylic oxidation sites excluding steroid dienone is 2. The number of ether oxygens (including phenoxy) is 2. The van der Waals surface area contributed by atoms with Gasteiger partial charge in [-0.25, -0.2) is 4.79 Å². The number of aliphatic carboxylic acids is 1. The van der Waals surface area contributed by atoms with Crippen molar-refractivity contribution in [2.75, 3.05) is 7.11 Å². The number of hydrogen-bond acceptors (Lipinski definition) is 5. The van der Waals surface area contributed by atoms with Crippen molar-refractivity contribution in [1.29, 1.82) is 0 Å². The normalized spacial score (nSPS) is 22.3. The maximum Gasteiger partial charge on any atom is 0.342 e. The summed E-state index contributed by atoms with van der Waals surface area (Å²) < 4.78 is 10.6. The van der Waals surface area contributed by atoms with Gasteiger partial charge >= 0.3 is 11.9 Å². The molecule has 2 aliphatic rings. The molecule has 2 atom stereocenters. The predicted molar refractivity (Wildman–Crippen MR) is 99.1 cm³/mol. The van der Waals surface area contributed by atoms with Gasteiger partial charge < -0.3 is 19.7 Å². The van der Waals surface area contributed by atoms with E-state index < -0.39 is 11.9 Å². The monoisotopic (exact) mass is 374 g/mol. The van der Waals surface area contributed by atoms with E-state index in [1.54, 1.807) is 0 Å². The number of carbonyl (C=O) groups excluding carboxylic acids is 1. The number of hydrogen-bond donors (Lipinski definition) is 2. The summed E-state index contributed by atoms with van der Waals surface area (Å²) in [6, 6.07) is 0. The number of methoxy groups -OCH3 is 1. The first-order valence-corrected chi connectivity index (χ1v) is 9.34. The number of carbonyl (C=O) groups is 2. The molecule has 0 bridgehead atoms. The average Bonchev–Trinajstić information content (AvgIpc) is 3.05. The number of phenolic OH excluding ortho intramolecular Hbond substituents is 1. The number of esters is 1. The highest BCUT2D eigenvalue weighted by Crippen LogP contribution is 2.42. The molecule has 2 N–H and O–H groups in total.